The maximum atomic E-state index is 13.0. The van der Waals surface area contributed by atoms with Crippen LogP contribution in [-0.2, 0) is 11.3 Å². The summed E-state index contributed by atoms with van der Waals surface area (Å²) < 4.78 is 38.9. The number of halogens is 3. The second-order valence-electron chi connectivity index (χ2n) is 4.96. The first-order valence-electron chi connectivity index (χ1n) is 6.29. The number of carbonyl (C=O) groups is 1. The van der Waals surface area contributed by atoms with Crippen molar-refractivity contribution in [2.75, 3.05) is 0 Å². The summed E-state index contributed by atoms with van der Waals surface area (Å²) in [5.41, 5.74) is 1.72. The third-order valence-electron chi connectivity index (χ3n) is 3.38. The second-order valence-corrected chi connectivity index (χ2v) is 4.96. The van der Waals surface area contributed by atoms with E-state index in [-0.39, 0.29) is 19.4 Å². The summed E-state index contributed by atoms with van der Waals surface area (Å²) in [5.74, 6) is -0.407. The topological polar surface area (TPSA) is 20.3 Å². The third-order valence-corrected chi connectivity index (χ3v) is 3.38. The van der Waals surface area contributed by atoms with Crippen LogP contribution >= 0.6 is 0 Å². The maximum absolute atomic E-state index is 13.0. The van der Waals surface area contributed by atoms with Crippen molar-refractivity contribution in [2.45, 2.75) is 44.9 Å². The van der Waals surface area contributed by atoms with Crippen LogP contribution in [0, 0.1) is 6.92 Å². The maximum Gasteiger partial charge on any atom is 0.408 e. The molecule has 2 rings (SSSR count). The Morgan fingerprint density at radius 1 is 1.37 bits per heavy atom. The van der Waals surface area contributed by atoms with Crippen molar-refractivity contribution in [1.29, 1.82) is 0 Å². The lowest BCUT2D eigenvalue weighted by molar-refractivity contribution is -0.197. The summed E-state index contributed by atoms with van der Waals surface area (Å²) in [4.78, 5) is 12.7. The SMILES string of the molecule is Cc1cccc(CN2C(=O)CCCC2C(F)(F)F)c1. The number of likely N-dealkylation sites (tertiary alicyclic amines) is 1. The van der Waals surface area contributed by atoms with E-state index in [0.29, 0.717) is 6.42 Å². The Morgan fingerprint density at radius 2 is 2.11 bits per heavy atom. The van der Waals surface area contributed by atoms with Gasteiger partial charge in [-0.05, 0) is 25.3 Å². The number of piperidine rings is 1. The van der Waals surface area contributed by atoms with Gasteiger partial charge in [0.1, 0.15) is 6.04 Å². The molecular formula is C14H16F3NO. The van der Waals surface area contributed by atoms with Gasteiger partial charge < -0.3 is 4.90 Å². The van der Waals surface area contributed by atoms with E-state index in [4.69, 9.17) is 0 Å². The zero-order chi connectivity index (χ0) is 14.0. The van der Waals surface area contributed by atoms with E-state index in [2.05, 4.69) is 0 Å². The minimum absolute atomic E-state index is 0.00105. The molecule has 5 heteroatoms. The number of carbonyl (C=O) groups excluding carboxylic acids is 1. The van der Waals surface area contributed by atoms with E-state index >= 15 is 0 Å². The molecule has 1 aromatic rings. The molecule has 1 heterocycles. The van der Waals surface area contributed by atoms with Crippen LogP contribution in [0.25, 0.3) is 0 Å². The summed E-state index contributed by atoms with van der Waals surface area (Å²) in [7, 11) is 0. The fourth-order valence-electron chi connectivity index (χ4n) is 2.47. The summed E-state index contributed by atoms with van der Waals surface area (Å²) in [6.07, 6.45) is -3.83. The molecule has 0 N–H and O–H groups in total. The van der Waals surface area contributed by atoms with Crippen LogP contribution in [0.5, 0.6) is 0 Å². The predicted molar refractivity (Wildman–Crippen MR) is 65.4 cm³/mol. The number of nitrogens with zero attached hydrogens (tertiary/aromatic N) is 1. The Morgan fingerprint density at radius 3 is 2.74 bits per heavy atom. The van der Waals surface area contributed by atoms with E-state index in [9.17, 15) is 18.0 Å². The summed E-state index contributed by atoms with van der Waals surface area (Å²) in [5, 5.41) is 0. The summed E-state index contributed by atoms with van der Waals surface area (Å²) in [6, 6.07) is 5.59. The van der Waals surface area contributed by atoms with E-state index in [1.165, 1.54) is 0 Å². The Labute approximate surface area is 110 Å². The van der Waals surface area contributed by atoms with Gasteiger partial charge in [-0.2, -0.15) is 13.2 Å². The summed E-state index contributed by atoms with van der Waals surface area (Å²) >= 11 is 0. The van der Waals surface area contributed by atoms with Crippen LogP contribution in [-0.4, -0.2) is 23.0 Å². The number of hydrogen-bond acceptors (Lipinski definition) is 1. The second kappa shape index (κ2) is 5.23. The van der Waals surface area contributed by atoms with E-state index in [0.717, 1.165) is 16.0 Å². The lowest BCUT2D eigenvalue weighted by atomic mass is 9.99. The highest BCUT2D eigenvalue weighted by Gasteiger charge is 2.46. The lowest BCUT2D eigenvalue weighted by Crippen LogP contribution is -2.50. The van der Waals surface area contributed by atoms with Crippen LogP contribution in [0.1, 0.15) is 30.4 Å². The van der Waals surface area contributed by atoms with Crippen molar-refractivity contribution in [2.24, 2.45) is 0 Å². The molecule has 0 radical (unpaired) electrons. The van der Waals surface area contributed by atoms with Crippen LogP contribution in [0.15, 0.2) is 24.3 Å². The molecule has 0 saturated carbocycles. The van der Waals surface area contributed by atoms with Crippen LogP contribution in [0.3, 0.4) is 0 Å². The number of amides is 1. The fraction of sp³-hybridized carbons (Fsp3) is 0.500. The molecule has 19 heavy (non-hydrogen) atoms. The number of alkyl halides is 3. The minimum atomic E-state index is -4.35. The van der Waals surface area contributed by atoms with E-state index in [1.807, 2.05) is 19.1 Å². The average Bonchev–Trinajstić information content (AvgIpc) is 2.30. The highest BCUT2D eigenvalue weighted by molar-refractivity contribution is 5.77. The van der Waals surface area contributed by atoms with Gasteiger partial charge in [-0.25, -0.2) is 0 Å². The Hall–Kier alpha value is -1.52. The fourth-order valence-corrected chi connectivity index (χ4v) is 2.47. The predicted octanol–water partition coefficient (Wildman–Crippen LogP) is 3.44. The highest BCUT2D eigenvalue weighted by atomic mass is 19.4. The van der Waals surface area contributed by atoms with Crippen molar-refractivity contribution in [3.05, 3.63) is 35.4 Å². The molecule has 0 aromatic heterocycles. The van der Waals surface area contributed by atoms with Crippen LogP contribution in [0.2, 0.25) is 0 Å². The smallest absolute Gasteiger partial charge is 0.326 e. The van der Waals surface area contributed by atoms with Gasteiger partial charge in [0.05, 0.1) is 0 Å². The average molecular weight is 271 g/mol. The van der Waals surface area contributed by atoms with Crippen molar-refractivity contribution in [3.8, 4) is 0 Å². The number of rotatable bonds is 2. The van der Waals surface area contributed by atoms with Gasteiger partial charge in [0.2, 0.25) is 5.91 Å². The third kappa shape index (κ3) is 3.28. The molecular weight excluding hydrogens is 255 g/mol. The molecule has 1 aromatic carbocycles. The molecule has 104 valence electrons. The molecule has 1 saturated heterocycles. The monoisotopic (exact) mass is 271 g/mol. The van der Waals surface area contributed by atoms with Crippen molar-refractivity contribution in [3.63, 3.8) is 0 Å². The quantitative estimate of drug-likeness (QED) is 0.807. The van der Waals surface area contributed by atoms with Crippen molar-refractivity contribution >= 4 is 5.91 Å². The molecule has 0 bridgehead atoms. The Balaban J connectivity index is 2.21. The van der Waals surface area contributed by atoms with Crippen LogP contribution in [0.4, 0.5) is 13.2 Å². The number of hydrogen-bond donors (Lipinski definition) is 0. The first kappa shape index (κ1) is 13.9. The van der Waals surface area contributed by atoms with E-state index < -0.39 is 18.1 Å². The van der Waals surface area contributed by atoms with Gasteiger partial charge in [0.15, 0.2) is 0 Å². The van der Waals surface area contributed by atoms with Gasteiger partial charge in [-0.15, -0.1) is 0 Å². The van der Waals surface area contributed by atoms with E-state index in [1.54, 1.807) is 12.1 Å². The van der Waals surface area contributed by atoms with Gasteiger partial charge in [0.25, 0.3) is 0 Å². The zero-order valence-electron chi connectivity index (χ0n) is 10.7. The largest absolute Gasteiger partial charge is 0.408 e. The Bertz CT molecular complexity index is 470. The molecule has 2 nitrogen and oxygen atoms in total. The number of benzene rings is 1. The lowest BCUT2D eigenvalue weighted by Gasteiger charge is -2.36. The van der Waals surface area contributed by atoms with Gasteiger partial charge in [0, 0.05) is 13.0 Å². The molecule has 1 atom stereocenters. The number of aryl methyl sites for hydroxylation is 1. The molecule has 1 aliphatic rings. The van der Waals surface area contributed by atoms with Crippen LogP contribution < -0.4 is 0 Å². The normalized spacial score (nSPS) is 20.7. The highest BCUT2D eigenvalue weighted by Crippen LogP contribution is 2.33. The minimum Gasteiger partial charge on any atom is -0.326 e. The standard InChI is InChI=1S/C14H16F3NO/c1-10-4-2-5-11(8-10)9-18-12(14(15,16)17)6-3-7-13(18)19/h2,4-5,8,12H,3,6-7,9H2,1H3. The first-order chi connectivity index (χ1) is 8.88. The zero-order valence-corrected chi connectivity index (χ0v) is 10.7. The molecule has 0 spiro atoms. The van der Waals surface area contributed by atoms with Gasteiger partial charge >= 0.3 is 6.18 Å². The van der Waals surface area contributed by atoms with Gasteiger partial charge in [-0.1, -0.05) is 29.8 Å². The van der Waals surface area contributed by atoms with Crippen molar-refractivity contribution < 1.29 is 18.0 Å². The van der Waals surface area contributed by atoms with Gasteiger partial charge in [-0.3, -0.25) is 4.79 Å². The molecule has 1 fully saturated rings. The summed E-state index contributed by atoms with van der Waals surface area (Å²) in [6.45, 7) is 1.91. The Kier molecular flexibility index (Phi) is 3.83. The molecule has 1 amide bonds. The molecule has 1 unspecified atom stereocenters. The molecule has 0 aliphatic carbocycles. The first-order valence-corrected chi connectivity index (χ1v) is 6.29. The molecule has 1 aliphatic heterocycles. The van der Waals surface area contributed by atoms with Crippen molar-refractivity contribution in [1.82, 2.24) is 4.90 Å².